The molecule has 1 N–H and O–H groups in total. The van der Waals surface area contributed by atoms with Gasteiger partial charge in [0.15, 0.2) is 0 Å². The van der Waals surface area contributed by atoms with Crippen LogP contribution in [0.15, 0.2) is 42.5 Å². The highest BCUT2D eigenvalue weighted by Crippen LogP contribution is 2.40. The van der Waals surface area contributed by atoms with Gasteiger partial charge in [-0.05, 0) is 61.9 Å². The Balaban J connectivity index is 2.03. The Bertz CT molecular complexity index is 625. The molecule has 1 saturated carbocycles. The van der Waals surface area contributed by atoms with Crippen LogP contribution in [0.3, 0.4) is 0 Å². The Morgan fingerprint density at radius 2 is 1.76 bits per heavy atom. The highest BCUT2D eigenvalue weighted by atomic mass is 14.9. The number of hydrogen-bond acceptors (Lipinski definition) is 1. The van der Waals surface area contributed by atoms with Crippen molar-refractivity contribution in [1.29, 1.82) is 0 Å². The van der Waals surface area contributed by atoms with Gasteiger partial charge in [0.05, 0.1) is 6.04 Å². The first kappa shape index (κ1) is 14.3. The van der Waals surface area contributed by atoms with E-state index in [4.69, 9.17) is 0 Å². The molecule has 3 rings (SSSR count). The Kier molecular flexibility index (Phi) is 4.12. The zero-order valence-corrected chi connectivity index (χ0v) is 13.3. The van der Waals surface area contributed by atoms with Crippen LogP contribution in [0.5, 0.6) is 0 Å². The quantitative estimate of drug-likeness (QED) is 0.841. The van der Waals surface area contributed by atoms with Gasteiger partial charge in [0, 0.05) is 0 Å². The van der Waals surface area contributed by atoms with Crippen LogP contribution in [0, 0.1) is 13.8 Å². The van der Waals surface area contributed by atoms with Crippen molar-refractivity contribution in [2.75, 3.05) is 7.05 Å². The lowest BCUT2D eigenvalue weighted by molar-refractivity contribution is 0.415. The lowest BCUT2D eigenvalue weighted by Crippen LogP contribution is -2.22. The maximum Gasteiger partial charge on any atom is 0.0579 e. The molecule has 2 aromatic rings. The average Bonchev–Trinajstić information content (AvgIpc) is 2.41. The van der Waals surface area contributed by atoms with E-state index in [1.807, 2.05) is 0 Å². The van der Waals surface area contributed by atoms with Gasteiger partial charge in [-0.3, -0.25) is 0 Å². The molecule has 1 unspecified atom stereocenters. The highest BCUT2D eigenvalue weighted by Gasteiger charge is 2.25. The van der Waals surface area contributed by atoms with Crippen molar-refractivity contribution >= 4 is 0 Å². The van der Waals surface area contributed by atoms with Gasteiger partial charge in [0.25, 0.3) is 0 Å². The topological polar surface area (TPSA) is 12.0 Å². The molecule has 0 aromatic heterocycles. The Labute approximate surface area is 128 Å². The molecule has 0 heterocycles. The minimum absolute atomic E-state index is 0.294. The largest absolute Gasteiger partial charge is 0.309 e. The minimum atomic E-state index is 0.294. The molecule has 0 spiro atoms. The summed E-state index contributed by atoms with van der Waals surface area (Å²) in [5, 5.41) is 3.54. The maximum atomic E-state index is 3.54. The second-order valence-electron chi connectivity index (χ2n) is 6.34. The fraction of sp³-hybridized carbons (Fsp3) is 0.400. The van der Waals surface area contributed by atoms with Gasteiger partial charge in [-0.25, -0.2) is 0 Å². The van der Waals surface area contributed by atoms with Crippen LogP contribution in [0.2, 0.25) is 0 Å². The number of aryl methyl sites for hydroxylation is 2. The van der Waals surface area contributed by atoms with E-state index in [0.717, 1.165) is 5.92 Å². The van der Waals surface area contributed by atoms with Crippen LogP contribution in [-0.2, 0) is 0 Å². The summed E-state index contributed by atoms with van der Waals surface area (Å²) >= 11 is 0. The third-order valence-electron chi connectivity index (χ3n) is 4.88. The van der Waals surface area contributed by atoms with Crippen molar-refractivity contribution in [2.24, 2.45) is 0 Å². The summed E-state index contributed by atoms with van der Waals surface area (Å²) in [4.78, 5) is 0. The van der Waals surface area contributed by atoms with Gasteiger partial charge in [0.2, 0.25) is 0 Å². The molecule has 1 aliphatic carbocycles. The van der Waals surface area contributed by atoms with E-state index in [-0.39, 0.29) is 0 Å². The summed E-state index contributed by atoms with van der Waals surface area (Å²) in [6.07, 6.45) is 4.08. The average molecular weight is 279 g/mol. The van der Waals surface area contributed by atoms with E-state index in [2.05, 4.69) is 68.7 Å². The van der Waals surface area contributed by atoms with Crippen LogP contribution in [0.1, 0.15) is 59.0 Å². The van der Waals surface area contributed by atoms with E-state index >= 15 is 0 Å². The third kappa shape index (κ3) is 2.75. The molecule has 110 valence electrons. The molecule has 0 amide bonds. The van der Waals surface area contributed by atoms with E-state index in [0.29, 0.717) is 6.04 Å². The van der Waals surface area contributed by atoms with Crippen molar-refractivity contribution in [3.8, 4) is 0 Å². The molecule has 0 saturated heterocycles. The third-order valence-corrected chi connectivity index (χ3v) is 4.88. The van der Waals surface area contributed by atoms with E-state index in [1.54, 1.807) is 5.56 Å². The predicted octanol–water partition coefficient (Wildman–Crippen LogP) is 4.88. The molecule has 1 aliphatic rings. The van der Waals surface area contributed by atoms with Gasteiger partial charge in [-0.2, -0.15) is 0 Å². The highest BCUT2D eigenvalue weighted by molar-refractivity contribution is 5.43. The van der Waals surface area contributed by atoms with Gasteiger partial charge in [0.1, 0.15) is 0 Å². The fourth-order valence-corrected chi connectivity index (χ4v) is 3.49. The molecule has 21 heavy (non-hydrogen) atoms. The first-order chi connectivity index (χ1) is 10.2. The maximum absolute atomic E-state index is 3.54. The molecular formula is C20H25N. The molecule has 0 aliphatic heterocycles. The summed E-state index contributed by atoms with van der Waals surface area (Å²) in [6.45, 7) is 4.38. The van der Waals surface area contributed by atoms with E-state index in [1.165, 1.54) is 41.5 Å². The van der Waals surface area contributed by atoms with Gasteiger partial charge >= 0.3 is 0 Å². The van der Waals surface area contributed by atoms with Crippen LogP contribution in [-0.4, -0.2) is 7.05 Å². The summed E-state index contributed by atoms with van der Waals surface area (Å²) in [7, 11) is 2.07. The number of nitrogens with one attached hydrogen (secondary N) is 1. The van der Waals surface area contributed by atoms with Gasteiger partial charge in [-0.1, -0.05) is 54.4 Å². The zero-order valence-electron chi connectivity index (χ0n) is 13.3. The summed E-state index contributed by atoms with van der Waals surface area (Å²) in [5.41, 5.74) is 7.10. The molecule has 1 atom stereocenters. The Morgan fingerprint density at radius 3 is 2.38 bits per heavy atom. The number of rotatable bonds is 4. The van der Waals surface area contributed by atoms with Crippen molar-refractivity contribution in [3.63, 3.8) is 0 Å². The summed E-state index contributed by atoms with van der Waals surface area (Å²) in [5.74, 6) is 0.766. The minimum Gasteiger partial charge on any atom is -0.309 e. The smallest absolute Gasteiger partial charge is 0.0579 e. The Morgan fingerprint density at radius 1 is 1.00 bits per heavy atom. The van der Waals surface area contributed by atoms with Crippen molar-refractivity contribution < 1.29 is 0 Å². The first-order valence-corrected chi connectivity index (χ1v) is 8.04. The van der Waals surface area contributed by atoms with Crippen molar-refractivity contribution in [3.05, 3.63) is 70.3 Å². The summed E-state index contributed by atoms with van der Waals surface area (Å²) < 4.78 is 0. The second kappa shape index (κ2) is 6.03. The van der Waals surface area contributed by atoms with E-state index in [9.17, 15) is 0 Å². The number of benzene rings is 2. The molecule has 0 bridgehead atoms. The van der Waals surface area contributed by atoms with Crippen LogP contribution < -0.4 is 5.32 Å². The Hall–Kier alpha value is -1.60. The van der Waals surface area contributed by atoms with Gasteiger partial charge in [-0.15, -0.1) is 0 Å². The predicted molar refractivity (Wildman–Crippen MR) is 89.9 cm³/mol. The molecule has 1 heteroatoms. The van der Waals surface area contributed by atoms with Gasteiger partial charge < -0.3 is 5.32 Å². The molecule has 1 nitrogen and oxygen atoms in total. The standard InChI is InChI=1S/C20H25N/c1-14-11-12-17(15(2)13-14)20(21-3)19-10-5-4-9-18(19)16-7-6-8-16/h4-5,9-13,16,20-21H,6-8H2,1-3H3. The molecule has 1 fully saturated rings. The monoisotopic (exact) mass is 279 g/mol. The normalized spacial score (nSPS) is 16.5. The SMILES string of the molecule is CNC(c1ccc(C)cc1C)c1ccccc1C1CCC1. The number of hydrogen-bond donors (Lipinski definition) is 1. The van der Waals surface area contributed by atoms with Crippen LogP contribution >= 0.6 is 0 Å². The van der Waals surface area contributed by atoms with Crippen LogP contribution in [0.25, 0.3) is 0 Å². The van der Waals surface area contributed by atoms with E-state index < -0.39 is 0 Å². The zero-order chi connectivity index (χ0) is 14.8. The summed E-state index contributed by atoms with van der Waals surface area (Å²) in [6, 6.07) is 16.1. The molecule has 2 aromatic carbocycles. The lowest BCUT2D eigenvalue weighted by atomic mass is 9.76. The van der Waals surface area contributed by atoms with Crippen molar-refractivity contribution in [1.82, 2.24) is 5.32 Å². The second-order valence-corrected chi connectivity index (χ2v) is 6.34. The van der Waals surface area contributed by atoms with Crippen molar-refractivity contribution in [2.45, 2.75) is 45.1 Å². The lowest BCUT2D eigenvalue weighted by Gasteiger charge is -2.31. The first-order valence-electron chi connectivity index (χ1n) is 8.04. The fourth-order valence-electron chi connectivity index (χ4n) is 3.49. The molecular weight excluding hydrogens is 254 g/mol. The van der Waals surface area contributed by atoms with Crippen LogP contribution in [0.4, 0.5) is 0 Å². The molecule has 0 radical (unpaired) electrons.